The molecule has 0 aliphatic heterocycles. The number of hydrazine groups is 1. The van der Waals surface area contributed by atoms with Gasteiger partial charge in [-0.25, -0.2) is 12.7 Å². The monoisotopic (exact) mass is 479 g/mol. The van der Waals surface area contributed by atoms with Crippen molar-refractivity contribution < 1.29 is 27.2 Å². The number of carbonyl (C=O) groups is 3. The molecule has 0 aliphatic rings. The van der Waals surface area contributed by atoms with Gasteiger partial charge in [-0.3, -0.25) is 30.1 Å². The number of sulfonamides is 1. The van der Waals surface area contributed by atoms with Gasteiger partial charge in [0.05, 0.1) is 18.0 Å². The highest BCUT2D eigenvalue weighted by Crippen LogP contribution is 2.15. The van der Waals surface area contributed by atoms with Crippen molar-refractivity contribution in [2.24, 2.45) is 0 Å². The quantitative estimate of drug-likeness (QED) is 0.423. The third kappa shape index (κ3) is 7.14. The molecule has 12 heteroatoms. The average Bonchev–Trinajstić information content (AvgIpc) is 3.28. The molecule has 1 heterocycles. The Morgan fingerprint density at radius 2 is 1.67 bits per heavy atom. The zero-order chi connectivity index (χ0) is 24.6. The third-order valence-corrected chi connectivity index (χ3v) is 6.57. The molecule has 33 heavy (non-hydrogen) atoms. The standard InChI is InChI=1S/C21H29N5O6S/c1-5-26(6-2)14-16-10-11-18(32-16)21(29)24-23-19(27)13-22-20(28)15-8-7-9-17(12-15)33(30,31)25(3)4/h7-12H,5-6,13-14H2,1-4H3,(H,22,28)(H,23,27)(H,24,29). The predicted molar refractivity (Wildman–Crippen MR) is 121 cm³/mol. The third-order valence-electron chi connectivity index (χ3n) is 4.76. The van der Waals surface area contributed by atoms with Crippen molar-refractivity contribution in [2.75, 3.05) is 33.7 Å². The van der Waals surface area contributed by atoms with Crippen molar-refractivity contribution in [1.82, 2.24) is 25.4 Å². The van der Waals surface area contributed by atoms with Crippen LogP contribution >= 0.6 is 0 Å². The molecular weight excluding hydrogens is 450 g/mol. The molecule has 0 unspecified atom stereocenters. The summed E-state index contributed by atoms with van der Waals surface area (Å²) in [6.45, 7) is 5.87. The second kappa shape index (κ2) is 11.6. The minimum absolute atomic E-state index is 0.0420. The zero-order valence-corrected chi connectivity index (χ0v) is 19.9. The predicted octanol–water partition coefficient (Wildman–Crippen LogP) is 0.563. The normalized spacial score (nSPS) is 11.5. The number of carbonyl (C=O) groups excluding carboxylic acids is 3. The van der Waals surface area contributed by atoms with Gasteiger partial charge in [-0.1, -0.05) is 19.9 Å². The van der Waals surface area contributed by atoms with Crippen molar-refractivity contribution in [2.45, 2.75) is 25.3 Å². The summed E-state index contributed by atoms with van der Waals surface area (Å²) in [7, 11) is -0.934. The van der Waals surface area contributed by atoms with Crippen molar-refractivity contribution in [3.05, 3.63) is 53.5 Å². The highest BCUT2D eigenvalue weighted by atomic mass is 32.2. The summed E-state index contributed by atoms with van der Waals surface area (Å²) in [6.07, 6.45) is 0. The number of hydrogen-bond donors (Lipinski definition) is 3. The number of furan rings is 1. The van der Waals surface area contributed by atoms with E-state index in [0.717, 1.165) is 17.4 Å². The van der Waals surface area contributed by atoms with Gasteiger partial charge in [0.15, 0.2) is 5.76 Å². The fourth-order valence-corrected chi connectivity index (χ4v) is 3.70. The van der Waals surface area contributed by atoms with E-state index >= 15 is 0 Å². The molecule has 180 valence electrons. The van der Waals surface area contributed by atoms with Gasteiger partial charge in [0.1, 0.15) is 5.76 Å². The molecule has 2 aromatic rings. The number of hydrogen-bond acceptors (Lipinski definition) is 7. The first-order chi connectivity index (χ1) is 15.6. The lowest BCUT2D eigenvalue weighted by atomic mass is 10.2. The molecule has 0 aliphatic carbocycles. The summed E-state index contributed by atoms with van der Waals surface area (Å²) >= 11 is 0. The van der Waals surface area contributed by atoms with E-state index in [-0.39, 0.29) is 16.2 Å². The summed E-state index contributed by atoms with van der Waals surface area (Å²) in [5.74, 6) is -1.29. The number of nitrogens with zero attached hydrogens (tertiary/aromatic N) is 2. The summed E-state index contributed by atoms with van der Waals surface area (Å²) in [5.41, 5.74) is 4.48. The van der Waals surface area contributed by atoms with Crippen LogP contribution in [0.5, 0.6) is 0 Å². The molecule has 0 atom stereocenters. The van der Waals surface area contributed by atoms with Crippen LogP contribution in [0, 0.1) is 0 Å². The lowest BCUT2D eigenvalue weighted by Gasteiger charge is -2.15. The van der Waals surface area contributed by atoms with Crippen LogP contribution in [-0.4, -0.2) is 69.1 Å². The van der Waals surface area contributed by atoms with Gasteiger partial charge >= 0.3 is 5.91 Å². The van der Waals surface area contributed by atoms with Crippen LogP contribution in [0.15, 0.2) is 45.7 Å². The Hall–Kier alpha value is -3.22. The van der Waals surface area contributed by atoms with E-state index in [9.17, 15) is 22.8 Å². The summed E-state index contributed by atoms with van der Waals surface area (Å²) in [5, 5.41) is 2.37. The highest BCUT2D eigenvalue weighted by molar-refractivity contribution is 7.89. The van der Waals surface area contributed by atoms with Crippen molar-refractivity contribution in [3.63, 3.8) is 0 Å². The summed E-state index contributed by atoms with van der Waals surface area (Å²) in [6, 6.07) is 8.66. The average molecular weight is 480 g/mol. The van der Waals surface area contributed by atoms with Crippen LogP contribution < -0.4 is 16.2 Å². The zero-order valence-electron chi connectivity index (χ0n) is 19.0. The molecule has 3 N–H and O–H groups in total. The minimum Gasteiger partial charge on any atom is -0.454 e. The van der Waals surface area contributed by atoms with Gasteiger partial charge in [-0.05, 0) is 43.4 Å². The van der Waals surface area contributed by atoms with E-state index in [2.05, 4.69) is 21.1 Å². The van der Waals surface area contributed by atoms with Gasteiger partial charge in [0, 0.05) is 19.7 Å². The number of nitrogens with one attached hydrogen (secondary N) is 3. The van der Waals surface area contributed by atoms with Crippen LogP contribution in [0.3, 0.4) is 0 Å². The van der Waals surface area contributed by atoms with Crippen LogP contribution in [0.25, 0.3) is 0 Å². The van der Waals surface area contributed by atoms with E-state index < -0.39 is 34.3 Å². The maximum Gasteiger partial charge on any atom is 0.305 e. The first kappa shape index (κ1) is 26.0. The molecule has 1 aromatic heterocycles. The summed E-state index contributed by atoms with van der Waals surface area (Å²) < 4.78 is 30.9. The van der Waals surface area contributed by atoms with E-state index in [1.807, 2.05) is 13.8 Å². The first-order valence-electron chi connectivity index (χ1n) is 10.3. The maximum absolute atomic E-state index is 12.3. The number of benzene rings is 1. The Morgan fingerprint density at radius 1 is 0.970 bits per heavy atom. The van der Waals surface area contributed by atoms with Crippen LogP contribution in [0.1, 0.15) is 40.5 Å². The topological polar surface area (TPSA) is 141 Å². The molecule has 3 amide bonds. The van der Waals surface area contributed by atoms with E-state index in [1.165, 1.54) is 44.4 Å². The Labute approximate surface area is 193 Å². The smallest absolute Gasteiger partial charge is 0.305 e. The second-order valence-corrected chi connectivity index (χ2v) is 9.38. The van der Waals surface area contributed by atoms with Crippen LogP contribution in [-0.2, 0) is 21.4 Å². The maximum atomic E-state index is 12.3. The molecule has 0 saturated heterocycles. The van der Waals surface area contributed by atoms with Gasteiger partial charge in [-0.2, -0.15) is 0 Å². The molecule has 0 bridgehead atoms. The lowest BCUT2D eigenvalue weighted by Crippen LogP contribution is -2.46. The summed E-state index contributed by atoms with van der Waals surface area (Å²) in [4.78, 5) is 38.5. The minimum atomic E-state index is -3.70. The molecule has 1 aromatic carbocycles. The highest BCUT2D eigenvalue weighted by Gasteiger charge is 2.19. The largest absolute Gasteiger partial charge is 0.454 e. The number of amides is 3. The van der Waals surface area contributed by atoms with E-state index in [4.69, 9.17) is 4.42 Å². The second-order valence-electron chi connectivity index (χ2n) is 7.23. The fourth-order valence-electron chi connectivity index (χ4n) is 2.76. The molecule has 0 radical (unpaired) electrons. The SMILES string of the molecule is CCN(CC)Cc1ccc(C(=O)NNC(=O)CNC(=O)c2cccc(S(=O)(=O)N(C)C)c2)o1. The van der Waals surface area contributed by atoms with Crippen molar-refractivity contribution >= 4 is 27.7 Å². The Balaban J connectivity index is 1.85. The Morgan fingerprint density at radius 3 is 2.30 bits per heavy atom. The molecule has 0 fully saturated rings. The van der Waals surface area contributed by atoms with Gasteiger partial charge < -0.3 is 9.73 Å². The molecular formula is C21H29N5O6S. The molecule has 2 rings (SSSR count). The van der Waals surface area contributed by atoms with Gasteiger partial charge in [0.2, 0.25) is 10.0 Å². The van der Waals surface area contributed by atoms with E-state index in [1.54, 1.807) is 6.07 Å². The van der Waals surface area contributed by atoms with Crippen LogP contribution in [0.4, 0.5) is 0 Å². The lowest BCUT2D eigenvalue weighted by molar-refractivity contribution is -0.120. The number of rotatable bonds is 10. The van der Waals surface area contributed by atoms with Crippen molar-refractivity contribution in [3.8, 4) is 0 Å². The van der Waals surface area contributed by atoms with Crippen LogP contribution in [0.2, 0.25) is 0 Å². The molecule has 0 saturated carbocycles. The van der Waals surface area contributed by atoms with Crippen molar-refractivity contribution in [1.29, 1.82) is 0 Å². The fraction of sp³-hybridized carbons (Fsp3) is 0.381. The Bertz CT molecular complexity index is 1090. The Kier molecular flexibility index (Phi) is 9.14. The first-order valence-corrected chi connectivity index (χ1v) is 11.7. The van der Waals surface area contributed by atoms with Gasteiger partial charge in [-0.15, -0.1) is 0 Å². The van der Waals surface area contributed by atoms with E-state index in [0.29, 0.717) is 12.3 Å². The molecule has 11 nitrogen and oxygen atoms in total. The van der Waals surface area contributed by atoms with Gasteiger partial charge in [0.25, 0.3) is 11.8 Å². The molecule has 0 spiro atoms.